The third-order valence-electron chi connectivity index (χ3n) is 2.52. The topological polar surface area (TPSA) is 61.6 Å². The fourth-order valence-corrected chi connectivity index (χ4v) is 1.62. The van der Waals surface area contributed by atoms with Crippen LogP contribution in [0.1, 0.15) is 46.0 Å². The highest BCUT2D eigenvalue weighted by molar-refractivity contribution is 7.84. The van der Waals surface area contributed by atoms with Gasteiger partial charge in [0.1, 0.15) is 6.20 Å². The van der Waals surface area contributed by atoms with E-state index in [2.05, 4.69) is 32.3 Å². The molecule has 18 heavy (non-hydrogen) atoms. The molecule has 4 nitrogen and oxygen atoms in total. The van der Waals surface area contributed by atoms with Crippen LogP contribution in [0.4, 0.5) is 0 Å². The first kappa shape index (κ1) is 17.4. The molecule has 0 aromatic rings. The third kappa shape index (κ3) is 11.8. The van der Waals surface area contributed by atoms with Crippen molar-refractivity contribution < 1.29 is 17.9 Å². The first-order valence-electron chi connectivity index (χ1n) is 6.52. The zero-order valence-corrected chi connectivity index (χ0v) is 12.4. The molecule has 106 valence electrons. The minimum Gasteiger partial charge on any atom is -0.748 e. The van der Waals surface area contributed by atoms with Gasteiger partial charge < -0.3 is 4.55 Å². The molecular weight excluding hydrogens is 250 g/mol. The number of hydrogen-bond acceptors (Lipinski definition) is 3. The molecule has 0 fully saturated rings. The minimum absolute atomic E-state index is 0.604. The Hall–Kier alpha value is -0.650. The predicted molar refractivity (Wildman–Crippen MR) is 73.1 cm³/mol. The highest BCUT2D eigenvalue weighted by Gasteiger charge is 2.09. The van der Waals surface area contributed by atoms with E-state index in [0.29, 0.717) is 6.26 Å². The number of rotatable bonds is 6. The Labute approximate surface area is 111 Å². The van der Waals surface area contributed by atoms with Gasteiger partial charge in [0.05, 0.1) is 22.9 Å². The molecule has 1 N–H and O–H groups in total. The summed E-state index contributed by atoms with van der Waals surface area (Å²) in [6.45, 7) is 5.77. The van der Waals surface area contributed by atoms with Crippen molar-refractivity contribution in [3.05, 3.63) is 24.0 Å². The first-order chi connectivity index (χ1) is 8.36. The third-order valence-corrected chi connectivity index (χ3v) is 2.52. The van der Waals surface area contributed by atoms with Gasteiger partial charge >= 0.3 is 0 Å². The monoisotopic (exact) mass is 275 g/mol. The van der Waals surface area contributed by atoms with Crippen molar-refractivity contribution in [2.24, 2.45) is 0 Å². The van der Waals surface area contributed by atoms with Gasteiger partial charge in [0.25, 0.3) is 0 Å². The number of nitrogens with one attached hydrogen (secondary N) is 1. The Balaban J connectivity index is 0.000000494. The lowest BCUT2D eigenvalue weighted by Gasteiger charge is -2.04. The second-order valence-corrected chi connectivity index (χ2v) is 5.95. The second-order valence-electron chi connectivity index (χ2n) is 4.54. The van der Waals surface area contributed by atoms with Gasteiger partial charge in [-0.05, 0) is 19.3 Å². The second kappa shape index (κ2) is 9.30. The van der Waals surface area contributed by atoms with Gasteiger partial charge in [0.2, 0.25) is 0 Å². The van der Waals surface area contributed by atoms with Crippen LogP contribution in [0.5, 0.6) is 0 Å². The molecule has 0 amide bonds. The standard InChI is InChI=1S/C12H21N.CH4O3S/c1-3-5-7-12-8-10-13(11-12)9-6-4-2;1-5(2,3)4/h8,10-11H,3-7,9H2,1-2H3;1H3,(H,2,3,4). The molecule has 0 bridgehead atoms. The molecule has 1 aliphatic heterocycles. The summed E-state index contributed by atoms with van der Waals surface area (Å²) in [6.07, 6.45) is 14.1. The van der Waals surface area contributed by atoms with Gasteiger partial charge in [0.15, 0.2) is 0 Å². The Morgan fingerprint density at radius 2 is 1.78 bits per heavy atom. The molecule has 1 rings (SSSR count). The van der Waals surface area contributed by atoms with Crippen LogP contribution in [0, 0.1) is 0 Å². The highest BCUT2D eigenvalue weighted by atomic mass is 32.2. The molecule has 1 aliphatic rings. The average Bonchev–Trinajstić information content (AvgIpc) is 2.69. The summed E-state index contributed by atoms with van der Waals surface area (Å²) in [4.78, 5) is 1.54. The van der Waals surface area contributed by atoms with E-state index >= 15 is 0 Å². The van der Waals surface area contributed by atoms with E-state index in [1.54, 1.807) is 0 Å². The average molecular weight is 275 g/mol. The number of hydrogen-bond donors (Lipinski definition) is 1. The maximum absolute atomic E-state index is 9.08. The lowest BCUT2D eigenvalue weighted by Crippen LogP contribution is -3.01. The Morgan fingerprint density at radius 1 is 1.22 bits per heavy atom. The van der Waals surface area contributed by atoms with E-state index in [1.807, 2.05) is 0 Å². The lowest BCUT2D eigenvalue weighted by molar-refractivity contribution is -0.788. The van der Waals surface area contributed by atoms with Crippen molar-refractivity contribution in [1.29, 1.82) is 0 Å². The lowest BCUT2D eigenvalue weighted by atomic mass is 10.1. The fourth-order valence-electron chi connectivity index (χ4n) is 1.62. The number of allylic oxidation sites excluding steroid dienone is 2. The Kier molecular flexibility index (Phi) is 8.97. The van der Waals surface area contributed by atoms with Gasteiger partial charge in [-0.2, -0.15) is 0 Å². The van der Waals surface area contributed by atoms with Crippen molar-refractivity contribution >= 4 is 10.1 Å². The van der Waals surface area contributed by atoms with Crippen molar-refractivity contribution in [2.45, 2.75) is 46.0 Å². The molecule has 0 saturated carbocycles. The molecule has 1 atom stereocenters. The highest BCUT2D eigenvalue weighted by Crippen LogP contribution is 2.08. The van der Waals surface area contributed by atoms with Gasteiger partial charge in [-0.25, -0.2) is 8.42 Å². The van der Waals surface area contributed by atoms with Crippen LogP contribution in [-0.4, -0.2) is 25.8 Å². The molecule has 1 heterocycles. The number of quaternary nitrogens is 1. The maximum atomic E-state index is 9.08. The minimum atomic E-state index is -3.92. The van der Waals surface area contributed by atoms with E-state index in [-0.39, 0.29) is 0 Å². The molecule has 0 aromatic carbocycles. The van der Waals surface area contributed by atoms with Gasteiger partial charge in [0, 0.05) is 17.9 Å². The summed E-state index contributed by atoms with van der Waals surface area (Å²) in [5.41, 5.74) is 1.54. The van der Waals surface area contributed by atoms with Crippen LogP contribution < -0.4 is 4.90 Å². The van der Waals surface area contributed by atoms with E-state index < -0.39 is 10.1 Å². The van der Waals surface area contributed by atoms with Gasteiger partial charge in [-0.1, -0.05) is 26.7 Å². The SMILES string of the molecule is CCCCC1=C[NH+](CCCC)C=C1.CS(=O)(=O)[O-]. The first-order valence-corrected chi connectivity index (χ1v) is 8.33. The normalized spacial score (nSPS) is 18.2. The molecule has 0 saturated heterocycles. The van der Waals surface area contributed by atoms with Crippen molar-refractivity contribution in [3.63, 3.8) is 0 Å². The van der Waals surface area contributed by atoms with Crippen molar-refractivity contribution in [2.75, 3.05) is 12.8 Å². The van der Waals surface area contributed by atoms with Crippen LogP contribution in [0.15, 0.2) is 24.0 Å². The fraction of sp³-hybridized carbons (Fsp3) is 0.692. The van der Waals surface area contributed by atoms with Crippen LogP contribution >= 0.6 is 0 Å². The number of unbranched alkanes of at least 4 members (excludes halogenated alkanes) is 2. The van der Waals surface area contributed by atoms with E-state index in [1.165, 1.54) is 49.1 Å². The molecular formula is C13H25NO3S. The summed E-state index contributed by atoms with van der Waals surface area (Å²) in [5.74, 6) is 0. The van der Waals surface area contributed by atoms with E-state index in [4.69, 9.17) is 13.0 Å². The molecule has 0 spiro atoms. The van der Waals surface area contributed by atoms with Gasteiger partial charge in [-0.15, -0.1) is 0 Å². The summed E-state index contributed by atoms with van der Waals surface area (Å²) in [5, 5.41) is 0. The Bertz CT molecular complexity index is 364. The van der Waals surface area contributed by atoms with Crippen LogP contribution in [0.3, 0.4) is 0 Å². The van der Waals surface area contributed by atoms with Crippen LogP contribution in [0.25, 0.3) is 0 Å². The van der Waals surface area contributed by atoms with Crippen molar-refractivity contribution in [1.82, 2.24) is 0 Å². The zero-order valence-electron chi connectivity index (χ0n) is 11.6. The Morgan fingerprint density at radius 3 is 2.28 bits per heavy atom. The van der Waals surface area contributed by atoms with Crippen molar-refractivity contribution in [3.8, 4) is 0 Å². The predicted octanol–water partition coefficient (Wildman–Crippen LogP) is 1.43. The summed E-state index contributed by atoms with van der Waals surface area (Å²) >= 11 is 0. The largest absolute Gasteiger partial charge is 0.748 e. The maximum Gasteiger partial charge on any atom is 0.102 e. The molecule has 1 unspecified atom stereocenters. The smallest absolute Gasteiger partial charge is 0.102 e. The molecule has 5 heteroatoms. The summed E-state index contributed by atoms with van der Waals surface area (Å²) in [6, 6.07) is 0. The van der Waals surface area contributed by atoms with Crippen LogP contribution in [-0.2, 0) is 10.1 Å². The summed E-state index contributed by atoms with van der Waals surface area (Å²) in [7, 11) is -3.92. The van der Waals surface area contributed by atoms with E-state index in [9.17, 15) is 0 Å². The van der Waals surface area contributed by atoms with E-state index in [0.717, 1.165) is 0 Å². The zero-order chi connectivity index (χ0) is 14.0. The molecule has 0 aliphatic carbocycles. The van der Waals surface area contributed by atoms with Crippen LogP contribution in [0.2, 0.25) is 0 Å². The molecule has 0 aromatic heterocycles. The van der Waals surface area contributed by atoms with Gasteiger partial charge in [-0.3, -0.25) is 4.90 Å². The quantitative estimate of drug-likeness (QED) is 0.746. The summed E-state index contributed by atoms with van der Waals surface area (Å²) < 4.78 is 27.2. The molecule has 0 radical (unpaired) electrons.